The second-order valence-electron chi connectivity index (χ2n) is 5.58. The fourth-order valence-electron chi connectivity index (χ4n) is 2.31. The molecule has 0 aliphatic rings. The molecule has 0 fully saturated rings. The monoisotopic (exact) mass is 307 g/mol. The number of imidazole rings is 1. The average molecular weight is 307 g/mol. The topological polar surface area (TPSA) is 63.5 Å². The van der Waals surface area contributed by atoms with E-state index in [4.69, 9.17) is 0 Å². The van der Waals surface area contributed by atoms with Crippen molar-refractivity contribution in [3.05, 3.63) is 71.2 Å². The van der Waals surface area contributed by atoms with Crippen LogP contribution in [0.5, 0.6) is 0 Å². The lowest BCUT2D eigenvalue weighted by atomic mass is 10.1. The molecule has 0 unspecified atom stereocenters. The van der Waals surface area contributed by atoms with E-state index in [1.165, 1.54) is 0 Å². The highest BCUT2D eigenvalue weighted by Crippen LogP contribution is 2.08. The van der Waals surface area contributed by atoms with Gasteiger partial charge in [0.15, 0.2) is 0 Å². The zero-order valence-electron chi connectivity index (χ0n) is 13.0. The van der Waals surface area contributed by atoms with Crippen molar-refractivity contribution in [2.24, 2.45) is 0 Å². The van der Waals surface area contributed by atoms with Crippen LogP contribution in [0.25, 0.3) is 5.65 Å². The highest BCUT2D eigenvalue weighted by Gasteiger charge is 2.16. The molecule has 23 heavy (non-hydrogen) atoms. The molecule has 0 spiro atoms. The number of ketones is 1. The molecule has 116 valence electrons. The SMILES string of the molecule is Cc1ccc(C(=O)C(=O)NCc2cn3ccc(C)cc3n2)cc1. The molecule has 1 aromatic carbocycles. The highest BCUT2D eigenvalue weighted by molar-refractivity contribution is 6.42. The highest BCUT2D eigenvalue weighted by atomic mass is 16.2. The minimum atomic E-state index is -0.623. The van der Waals surface area contributed by atoms with E-state index < -0.39 is 11.7 Å². The smallest absolute Gasteiger partial charge is 0.292 e. The lowest BCUT2D eigenvalue weighted by Crippen LogP contribution is -2.30. The predicted molar refractivity (Wildman–Crippen MR) is 87.3 cm³/mol. The Morgan fingerprint density at radius 3 is 2.57 bits per heavy atom. The van der Waals surface area contributed by atoms with Crippen molar-refractivity contribution in [1.29, 1.82) is 0 Å². The molecule has 5 heteroatoms. The Hall–Kier alpha value is -2.95. The van der Waals surface area contributed by atoms with Gasteiger partial charge in [-0.05, 0) is 31.5 Å². The zero-order valence-corrected chi connectivity index (χ0v) is 13.0. The summed E-state index contributed by atoms with van der Waals surface area (Å²) in [5.74, 6) is -1.16. The number of carbonyl (C=O) groups excluding carboxylic acids is 2. The van der Waals surface area contributed by atoms with Gasteiger partial charge in [-0.3, -0.25) is 9.59 Å². The van der Waals surface area contributed by atoms with Gasteiger partial charge < -0.3 is 9.72 Å². The summed E-state index contributed by atoms with van der Waals surface area (Å²) in [4.78, 5) is 28.5. The Morgan fingerprint density at radius 2 is 1.83 bits per heavy atom. The minimum absolute atomic E-state index is 0.219. The molecule has 0 aliphatic carbocycles. The normalized spacial score (nSPS) is 10.7. The summed E-state index contributed by atoms with van der Waals surface area (Å²) in [5.41, 5.74) is 4.08. The van der Waals surface area contributed by atoms with Crippen LogP contribution >= 0.6 is 0 Å². The van der Waals surface area contributed by atoms with E-state index in [9.17, 15) is 9.59 Å². The summed E-state index contributed by atoms with van der Waals surface area (Å²) in [6, 6.07) is 10.9. The summed E-state index contributed by atoms with van der Waals surface area (Å²) in [6.45, 7) is 4.15. The van der Waals surface area contributed by atoms with Crippen molar-refractivity contribution in [2.45, 2.75) is 20.4 Å². The molecule has 0 saturated carbocycles. The first-order valence-corrected chi connectivity index (χ1v) is 7.36. The van der Waals surface area contributed by atoms with Crippen LogP contribution in [0.1, 0.15) is 27.2 Å². The number of benzene rings is 1. The second-order valence-corrected chi connectivity index (χ2v) is 5.58. The summed E-state index contributed by atoms with van der Waals surface area (Å²) in [5, 5.41) is 2.62. The lowest BCUT2D eigenvalue weighted by molar-refractivity contribution is -0.117. The van der Waals surface area contributed by atoms with Gasteiger partial charge in [-0.25, -0.2) is 4.98 Å². The second kappa shape index (κ2) is 6.04. The van der Waals surface area contributed by atoms with E-state index in [0.29, 0.717) is 11.3 Å². The first kappa shape index (κ1) is 15.0. The fourth-order valence-corrected chi connectivity index (χ4v) is 2.31. The van der Waals surface area contributed by atoms with Crippen molar-refractivity contribution in [1.82, 2.24) is 14.7 Å². The number of rotatable bonds is 4. The zero-order chi connectivity index (χ0) is 16.4. The van der Waals surface area contributed by atoms with Gasteiger partial charge in [0.25, 0.3) is 5.91 Å². The van der Waals surface area contributed by atoms with Crippen molar-refractivity contribution in [2.75, 3.05) is 0 Å². The summed E-state index contributed by atoms with van der Waals surface area (Å²) >= 11 is 0. The van der Waals surface area contributed by atoms with Crippen LogP contribution in [0.15, 0.2) is 48.8 Å². The molecule has 1 N–H and O–H groups in total. The molecular formula is C18H17N3O2. The number of aromatic nitrogens is 2. The van der Waals surface area contributed by atoms with Crippen LogP contribution in [0.2, 0.25) is 0 Å². The Balaban J connectivity index is 1.67. The van der Waals surface area contributed by atoms with Crippen LogP contribution in [0.4, 0.5) is 0 Å². The van der Waals surface area contributed by atoms with Crippen LogP contribution in [-0.4, -0.2) is 21.1 Å². The number of pyridine rings is 1. The van der Waals surface area contributed by atoms with E-state index in [1.54, 1.807) is 12.1 Å². The van der Waals surface area contributed by atoms with E-state index >= 15 is 0 Å². The number of hydrogen-bond acceptors (Lipinski definition) is 3. The Bertz CT molecular complexity index is 879. The van der Waals surface area contributed by atoms with Crippen molar-refractivity contribution in [3.8, 4) is 0 Å². The quantitative estimate of drug-likeness (QED) is 0.595. The molecule has 5 nitrogen and oxygen atoms in total. The molecule has 3 aromatic rings. The maximum atomic E-state index is 12.1. The number of Topliss-reactive ketones (excluding diaryl/α,β-unsaturated/α-hetero) is 1. The number of amides is 1. The van der Waals surface area contributed by atoms with Gasteiger partial charge in [0, 0.05) is 18.0 Å². The molecule has 0 aliphatic heterocycles. The molecule has 0 atom stereocenters. The number of nitrogens with one attached hydrogen (secondary N) is 1. The lowest BCUT2D eigenvalue weighted by Gasteiger charge is -2.03. The third-order valence-corrected chi connectivity index (χ3v) is 3.62. The first-order chi connectivity index (χ1) is 11.0. The van der Waals surface area contributed by atoms with E-state index in [-0.39, 0.29) is 6.54 Å². The van der Waals surface area contributed by atoms with E-state index in [1.807, 2.05) is 54.9 Å². The number of nitrogens with zero attached hydrogens (tertiary/aromatic N) is 2. The number of fused-ring (bicyclic) bond motifs is 1. The number of hydrogen-bond donors (Lipinski definition) is 1. The Kier molecular flexibility index (Phi) is 3.93. The summed E-state index contributed by atoms with van der Waals surface area (Å²) in [6.07, 6.45) is 3.76. The first-order valence-electron chi connectivity index (χ1n) is 7.36. The van der Waals surface area contributed by atoms with Gasteiger partial charge in [-0.15, -0.1) is 0 Å². The van der Waals surface area contributed by atoms with Gasteiger partial charge in [0.05, 0.1) is 12.2 Å². The number of aryl methyl sites for hydroxylation is 2. The van der Waals surface area contributed by atoms with E-state index in [2.05, 4.69) is 10.3 Å². The van der Waals surface area contributed by atoms with Gasteiger partial charge >= 0.3 is 0 Å². The van der Waals surface area contributed by atoms with E-state index in [0.717, 1.165) is 16.8 Å². The molecule has 2 aromatic heterocycles. The van der Waals surface area contributed by atoms with Crippen LogP contribution < -0.4 is 5.32 Å². The van der Waals surface area contributed by atoms with Crippen LogP contribution in [0.3, 0.4) is 0 Å². The van der Waals surface area contributed by atoms with Crippen molar-refractivity contribution >= 4 is 17.3 Å². The summed E-state index contributed by atoms with van der Waals surface area (Å²) in [7, 11) is 0. The minimum Gasteiger partial charge on any atom is -0.343 e. The fraction of sp³-hybridized carbons (Fsp3) is 0.167. The average Bonchev–Trinajstić information content (AvgIpc) is 2.94. The third kappa shape index (κ3) is 3.29. The standard InChI is InChI=1S/C18H17N3O2/c1-12-3-5-14(6-4-12)17(22)18(23)19-10-15-11-21-8-7-13(2)9-16(21)20-15/h3-9,11H,10H2,1-2H3,(H,19,23). The maximum Gasteiger partial charge on any atom is 0.292 e. The molecule has 2 heterocycles. The molecule has 1 amide bonds. The van der Waals surface area contributed by atoms with Gasteiger partial charge in [-0.1, -0.05) is 29.8 Å². The predicted octanol–water partition coefficient (Wildman–Crippen LogP) is 2.45. The van der Waals surface area contributed by atoms with Crippen molar-refractivity contribution in [3.63, 3.8) is 0 Å². The van der Waals surface area contributed by atoms with Crippen LogP contribution in [0, 0.1) is 13.8 Å². The molecule has 0 radical (unpaired) electrons. The molecule has 0 saturated heterocycles. The molecular weight excluding hydrogens is 290 g/mol. The largest absolute Gasteiger partial charge is 0.343 e. The van der Waals surface area contributed by atoms with Crippen molar-refractivity contribution < 1.29 is 9.59 Å². The Labute approximate surface area is 134 Å². The van der Waals surface area contributed by atoms with Gasteiger partial charge in [0.2, 0.25) is 5.78 Å². The molecule has 3 rings (SSSR count). The van der Waals surface area contributed by atoms with Gasteiger partial charge in [-0.2, -0.15) is 0 Å². The molecule has 0 bridgehead atoms. The van der Waals surface area contributed by atoms with Gasteiger partial charge in [0.1, 0.15) is 5.65 Å². The number of carbonyl (C=O) groups is 2. The maximum absolute atomic E-state index is 12.1. The third-order valence-electron chi connectivity index (χ3n) is 3.62. The summed E-state index contributed by atoms with van der Waals surface area (Å²) < 4.78 is 1.89. The van der Waals surface area contributed by atoms with Crippen LogP contribution in [-0.2, 0) is 11.3 Å². The Morgan fingerprint density at radius 1 is 1.09 bits per heavy atom.